The minimum absolute atomic E-state index is 0.167. The average molecular weight is 334 g/mol. The molecule has 7 nitrogen and oxygen atoms in total. The SMILES string of the molecule is CS(=O)(=O)N1CCc2n[nH]c(NC(=O)Cc3ccccc3)c2C1. The molecule has 1 amide bonds. The minimum atomic E-state index is -3.26. The number of carbonyl (C=O) groups excluding carboxylic acids is 1. The summed E-state index contributed by atoms with van der Waals surface area (Å²) in [6.07, 6.45) is 1.98. The Bertz CT molecular complexity index is 815. The molecule has 0 unspecified atom stereocenters. The molecule has 2 heterocycles. The fourth-order valence-electron chi connectivity index (χ4n) is 2.62. The second kappa shape index (κ2) is 6.13. The molecule has 0 spiro atoms. The Morgan fingerprint density at radius 2 is 2.09 bits per heavy atom. The Kier molecular flexibility index (Phi) is 4.18. The number of hydrogen-bond acceptors (Lipinski definition) is 4. The number of aromatic amines is 1. The van der Waals surface area contributed by atoms with E-state index in [0.29, 0.717) is 18.8 Å². The Balaban J connectivity index is 1.73. The molecule has 0 saturated heterocycles. The Labute approximate surface area is 134 Å². The van der Waals surface area contributed by atoms with Crippen molar-refractivity contribution in [2.45, 2.75) is 19.4 Å². The number of fused-ring (bicyclic) bond motifs is 1. The first kappa shape index (κ1) is 15.7. The predicted molar refractivity (Wildman–Crippen MR) is 86.3 cm³/mol. The highest BCUT2D eigenvalue weighted by molar-refractivity contribution is 7.88. The van der Waals surface area contributed by atoms with Crippen LogP contribution in [0, 0.1) is 0 Å². The molecule has 2 N–H and O–H groups in total. The van der Waals surface area contributed by atoms with Gasteiger partial charge in [-0.1, -0.05) is 30.3 Å². The van der Waals surface area contributed by atoms with Gasteiger partial charge < -0.3 is 5.32 Å². The molecule has 8 heteroatoms. The second-order valence-electron chi connectivity index (χ2n) is 5.58. The summed E-state index contributed by atoms with van der Waals surface area (Å²) in [6.45, 7) is 0.639. The standard InChI is InChI=1S/C15H18N4O3S/c1-23(21,22)19-8-7-13-12(10-19)15(18-17-13)16-14(20)9-11-5-3-2-4-6-11/h2-6H,7-10H2,1H3,(H2,16,17,18,20). The fraction of sp³-hybridized carbons (Fsp3) is 0.333. The smallest absolute Gasteiger partial charge is 0.229 e. The van der Waals surface area contributed by atoms with Crippen molar-refractivity contribution in [2.75, 3.05) is 18.1 Å². The van der Waals surface area contributed by atoms with Crippen molar-refractivity contribution in [3.8, 4) is 0 Å². The first-order chi connectivity index (χ1) is 10.9. The molecule has 122 valence electrons. The quantitative estimate of drug-likeness (QED) is 0.869. The van der Waals surface area contributed by atoms with Crippen LogP contribution in [0.1, 0.15) is 16.8 Å². The highest BCUT2D eigenvalue weighted by Gasteiger charge is 2.27. The summed E-state index contributed by atoms with van der Waals surface area (Å²) in [5.74, 6) is 0.313. The monoisotopic (exact) mass is 334 g/mol. The van der Waals surface area contributed by atoms with Crippen molar-refractivity contribution in [3.05, 3.63) is 47.2 Å². The lowest BCUT2D eigenvalue weighted by Crippen LogP contribution is -2.35. The molecule has 1 aromatic carbocycles. The molecule has 0 radical (unpaired) electrons. The van der Waals surface area contributed by atoms with Gasteiger partial charge in [0, 0.05) is 25.1 Å². The van der Waals surface area contributed by atoms with Gasteiger partial charge in [0.05, 0.1) is 18.4 Å². The molecule has 0 saturated carbocycles. The number of anilines is 1. The molecule has 1 aliphatic rings. The minimum Gasteiger partial charge on any atom is -0.311 e. The summed E-state index contributed by atoms with van der Waals surface area (Å²) in [4.78, 5) is 12.2. The number of nitrogens with one attached hydrogen (secondary N) is 2. The van der Waals surface area contributed by atoms with Crippen LogP contribution in [-0.2, 0) is 34.2 Å². The van der Waals surface area contributed by atoms with Gasteiger partial charge in [0.2, 0.25) is 15.9 Å². The van der Waals surface area contributed by atoms with Crippen LogP contribution in [0.15, 0.2) is 30.3 Å². The zero-order valence-corrected chi connectivity index (χ0v) is 13.6. The van der Waals surface area contributed by atoms with E-state index in [-0.39, 0.29) is 18.9 Å². The normalized spacial score (nSPS) is 15.2. The largest absolute Gasteiger partial charge is 0.311 e. The van der Waals surface area contributed by atoms with Crippen LogP contribution in [0.2, 0.25) is 0 Å². The topological polar surface area (TPSA) is 95.2 Å². The van der Waals surface area contributed by atoms with Crippen LogP contribution >= 0.6 is 0 Å². The van der Waals surface area contributed by atoms with E-state index < -0.39 is 10.0 Å². The van der Waals surface area contributed by atoms with Crippen molar-refractivity contribution < 1.29 is 13.2 Å². The van der Waals surface area contributed by atoms with Gasteiger partial charge in [0.25, 0.3) is 0 Å². The van der Waals surface area contributed by atoms with Crippen molar-refractivity contribution in [2.24, 2.45) is 0 Å². The molecule has 1 aromatic heterocycles. The number of amides is 1. The Hall–Kier alpha value is -2.19. The van der Waals surface area contributed by atoms with E-state index in [1.54, 1.807) is 0 Å². The third-order valence-electron chi connectivity index (χ3n) is 3.83. The van der Waals surface area contributed by atoms with Gasteiger partial charge in [-0.15, -0.1) is 0 Å². The maximum absolute atomic E-state index is 12.2. The number of hydrogen-bond donors (Lipinski definition) is 2. The first-order valence-electron chi connectivity index (χ1n) is 7.28. The van der Waals surface area contributed by atoms with Crippen molar-refractivity contribution in [3.63, 3.8) is 0 Å². The van der Waals surface area contributed by atoms with Crippen LogP contribution in [-0.4, -0.2) is 41.6 Å². The average Bonchev–Trinajstić information content (AvgIpc) is 2.89. The van der Waals surface area contributed by atoms with Crippen molar-refractivity contribution in [1.82, 2.24) is 14.5 Å². The lowest BCUT2D eigenvalue weighted by Gasteiger charge is -2.24. The number of nitrogens with zero attached hydrogens (tertiary/aromatic N) is 2. The van der Waals surface area contributed by atoms with Crippen LogP contribution in [0.3, 0.4) is 0 Å². The summed E-state index contributed by atoms with van der Waals surface area (Å²) >= 11 is 0. The molecule has 23 heavy (non-hydrogen) atoms. The molecule has 0 atom stereocenters. The van der Waals surface area contributed by atoms with Crippen LogP contribution in [0.5, 0.6) is 0 Å². The van der Waals surface area contributed by atoms with Gasteiger partial charge in [-0.2, -0.15) is 9.40 Å². The zero-order valence-electron chi connectivity index (χ0n) is 12.7. The van der Waals surface area contributed by atoms with Gasteiger partial charge >= 0.3 is 0 Å². The Morgan fingerprint density at radius 3 is 2.78 bits per heavy atom. The fourth-order valence-corrected chi connectivity index (χ4v) is 3.40. The molecule has 2 aromatic rings. The van der Waals surface area contributed by atoms with E-state index in [0.717, 1.165) is 16.8 Å². The van der Waals surface area contributed by atoms with Gasteiger partial charge in [-0.05, 0) is 5.56 Å². The second-order valence-corrected chi connectivity index (χ2v) is 7.56. The number of carbonyl (C=O) groups is 1. The number of sulfonamides is 1. The molecular formula is C15H18N4O3S. The third-order valence-corrected chi connectivity index (χ3v) is 5.08. The number of benzene rings is 1. The summed E-state index contributed by atoms with van der Waals surface area (Å²) in [5.41, 5.74) is 2.46. The summed E-state index contributed by atoms with van der Waals surface area (Å²) in [5, 5.41) is 9.77. The van der Waals surface area contributed by atoms with Gasteiger partial charge in [0.1, 0.15) is 5.82 Å². The lowest BCUT2D eigenvalue weighted by molar-refractivity contribution is -0.115. The van der Waals surface area contributed by atoms with Gasteiger partial charge in [-0.25, -0.2) is 8.42 Å². The van der Waals surface area contributed by atoms with E-state index in [2.05, 4.69) is 15.5 Å². The summed E-state index contributed by atoms with van der Waals surface area (Å²) in [6, 6.07) is 9.42. The molecule has 1 aliphatic heterocycles. The number of aromatic nitrogens is 2. The van der Waals surface area contributed by atoms with Crippen LogP contribution < -0.4 is 5.32 Å². The predicted octanol–water partition coefficient (Wildman–Crippen LogP) is 0.909. The Morgan fingerprint density at radius 1 is 1.35 bits per heavy atom. The maximum atomic E-state index is 12.2. The van der Waals surface area contributed by atoms with Crippen molar-refractivity contribution in [1.29, 1.82) is 0 Å². The molecule has 0 bridgehead atoms. The summed E-state index contributed by atoms with van der Waals surface area (Å²) < 4.78 is 24.8. The van der Waals surface area contributed by atoms with Crippen molar-refractivity contribution >= 4 is 21.7 Å². The summed E-state index contributed by atoms with van der Waals surface area (Å²) in [7, 11) is -3.26. The third kappa shape index (κ3) is 3.59. The first-order valence-corrected chi connectivity index (χ1v) is 9.13. The van der Waals surface area contributed by atoms with E-state index in [1.165, 1.54) is 10.6 Å². The van der Waals surface area contributed by atoms with Gasteiger partial charge in [0.15, 0.2) is 0 Å². The van der Waals surface area contributed by atoms with E-state index in [1.807, 2.05) is 30.3 Å². The maximum Gasteiger partial charge on any atom is 0.229 e. The molecule has 0 aliphatic carbocycles. The lowest BCUT2D eigenvalue weighted by atomic mass is 10.1. The van der Waals surface area contributed by atoms with E-state index in [9.17, 15) is 13.2 Å². The highest BCUT2D eigenvalue weighted by Crippen LogP contribution is 2.25. The number of rotatable bonds is 4. The van der Waals surface area contributed by atoms with E-state index in [4.69, 9.17) is 0 Å². The van der Waals surface area contributed by atoms with Gasteiger partial charge in [-0.3, -0.25) is 9.89 Å². The molecule has 0 fully saturated rings. The van der Waals surface area contributed by atoms with Crippen LogP contribution in [0.25, 0.3) is 0 Å². The number of H-pyrrole nitrogens is 1. The molecule has 3 rings (SSSR count). The zero-order chi connectivity index (χ0) is 16.4. The van der Waals surface area contributed by atoms with E-state index >= 15 is 0 Å². The highest BCUT2D eigenvalue weighted by atomic mass is 32.2. The molecular weight excluding hydrogens is 316 g/mol. The van der Waals surface area contributed by atoms with Crippen LogP contribution in [0.4, 0.5) is 5.82 Å².